The first-order chi connectivity index (χ1) is 11.1. The Labute approximate surface area is 135 Å². The molecule has 0 unspecified atom stereocenters. The number of fused-ring (bicyclic) bond motifs is 1. The molecule has 0 aliphatic heterocycles. The molecule has 3 aromatic rings. The molecule has 118 valence electrons. The van der Waals surface area contributed by atoms with Crippen LogP contribution in [-0.2, 0) is 13.2 Å². The van der Waals surface area contributed by atoms with Gasteiger partial charge < -0.3 is 9.30 Å². The Balaban J connectivity index is 2.00. The van der Waals surface area contributed by atoms with Gasteiger partial charge in [-0.3, -0.25) is 0 Å². The van der Waals surface area contributed by atoms with Gasteiger partial charge in [-0.1, -0.05) is 18.2 Å². The van der Waals surface area contributed by atoms with E-state index in [1.54, 1.807) is 12.3 Å². The summed E-state index contributed by atoms with van der Waals surface area (Å²) in [7, 11) is 0. The van der Waals surface area contributed by atoms with Crippen molar-refractivity contribution < 1.29 is 9.13 Å². The van der Waals surface area contributed by atoms with Gasteiger partial charge in [0.1, 0.15) is 17.9 Å². The number of ether oxygens (including phenoxy) is 1. The summed E-state index contributed by atoms with van der Waals surface area (Å²) in [6, 6.07) is 8.40. The van der Waals surface area contributed by atoms with Crippen molar-refractivity contribution in [3.05, 3.63) is 71.8 Å². The van der Waals surface area contributed by atoms with Gasteiger partial charge in [0, 0.05) is 23.8 Å². The molecular formula is C19H19FN2O. The van der Waals surface area contributed by atoms with E-state index >= 15 is 0 Å². The Hall–Kier alpha value is -2.62. The molecule has 0 amide bonds. The molecule has 3 nitrogen and oxygen atoms in total. The van der Waals surface area contributed by atoms with Crippen LogP contribution in [0.25, 0.3) is 10.9 Å². The maximum atomic E-state index is 13.3. The minimum Gasteiger partial charge on any atom is -0.471 e. The summed E-state index contributed by atoms with van der Waals surface area (Å²) in [5.41, 5.74) is 4.11. The number of nitrogens with zero attached hydrogens (tertiary/aromatic N) is 2. The molecule has 0 aliphatic carbocycles. The van der Waals surface area contributed by atoms with E-state index in [0.717, 1.165) is 16.5 Å². The van der Waals surface area contributed by atoms with Gasteiger partial charge in [-0.2, -0.15) is 0 Å². The summed E-state index contributed by atoms with van der Waals surface area (Å²) in [5, 5.41) is 1.12. The molecule has 2 heterocycles. The molecule has 1 aromatic carbocycles. The number of pyridine rings is 1. The largest absolute Gasteiger partial charge is 0.471 e. The second kappa shape index (κ2) is 6.24. The van der Waals surface area contributed by atoms with E-state index in [-0.39, 0.29) is 12.4 Å². The molecule has 0 radical (unpaired) electrons. The van der Waals surface area contributed by atoms with Crippen LogP contribution in [-0.4, -0.2) is 9.55 Å². The lowest BCUT2D eigenvalue weighted by Gasteiger charge is -2.10. The van der Waals surface area contributed by atoms with Crippen molar-refractivity contribution in [3.8, 4) is 5.88 Å². The van der Waals surface area contributed by atoms with Crippen molar-refractivity contribution in [2.45, 2.75) is 27.0 Å². The first kappa shape index (κ1) is 15.3. The SMILES string of the molecule is C=CCn1c(C)c(C)c2ccnc(OCc3cccc(F)c3)c21. The minimum absolute atomic E-state index is 0.265. The van der Waals surface area contributed by atoms with Crippen molar-refractivity contribution in [2.24, 2.45) is 0 Å². The number of benzene rings is 1. The average molecular weight is 310 g/mol. The normalized spacial score (nSPS) is 10.9. The van der Waals surface area contributed by atoms with Crippen LogP contribution < -0.4 is 4.74 Å². The Morgan fingerprint density at radius 3 is 2.87 bits per heavy atom. The molecule has 0 bridgehead atoms. The van der Waals surface area contributed by atoms with Crippen LogP contribution in [0, 0.1) is 19.7 Å². The predicted molar refractivity (Wildman–Crippen MR) is 90.1 cm³/mol. The van der Waals surface area contributed by atoms with E-state index in [0.29, 0.717) is 12.4 Å². The standard InChI is InChI=1S/C19H19FN2O/c1-4-10-22-14(3)13(2)17-8-9-21-19(18(17)22)23-12-15-6-5-7-16(20)11-15/h4-9,11H,1,10,12H2,2-3H3. The summed E-state index contributed by atoms with van der Waals surface area (Å²) in [4.78, 5) is 4.37. The molecule has 23 heavy (non-hydrogen) atoms. The third kappa shape index (κ3) is 2.84. The van der Waals surface area contributed by atoms with Crippen LogP contribution in [0.5, 0.6) is 5.88 Å². The third-order valence-electron chi connectivity index (χ3n) is 4.09. The van der Waals surface area contributed by atoms with Crippen LogP contribution in [0.3, 0.4) is 0 Å². The van der Waals surface area contributed by atoms with Gasteiger partial charge in [0.2, 0.25) is 5.88 Å². The average Bonchev–Trinajstić information content (AvgIpc) is 2.79. The number of aryl methyl sites for hydroxylation is 1. The Kier molecular flexibility index (Phi) is 4.15. The highest BCUT2D eigenvalue weighted by Crippen LogP contribution is 2.31. The molecule has 0 fully saturated rings. The fourth-order valence-electron chi connectivity index (χ4n) is 2.80. The number of rotatable bonds is 5. The summed E-state index contributed by atoms with van der Waals surface area (Å²) in [5.74, 6) is 0.295. The molecular weight excluding hydrogens is 291 g/mol. The van der Waals surface area contributed by atoms with Gasteiger partial charge in [-0.15, -0.1) is 6.58 Å². The first-order valence-corrected chi connectivity index (χ1v) is 7.54. The van der Waals surface area contributed by atoms with Crippen LogP contribution >= 0.6 is 0 Å². The zero-order valence-corrected chi connectivity index (χ0v) is 13.3. The molecule has 0 saturated carbocycles. The molecule has 0 saturated heterocycles. The highest BCUT2D eigenvalue weighted by Gasteiger charge is 2.15. The second-order valence-electron chi connectivity index (χ2n) is 5.54. The van der Waals surface area contributed by atoms with Crippen LogP contribution in [0.4, 0.5) is 4.39 Å². The van der Waals surface area contributed by atoms with Gasteiger partial charge in [0.15, 0.2) is 0 Å². The fraction of sp³-hybridized carbons (Fsp3) is 0.211. The number of halogens is 1. The van der Waals surface area contributed by atoms with Crippen LogP contribution in [0.2, 0.25) is 0 Å². The van der Waals surface area contributed by atoms with Crippen molar-refractivity contribution in [1.82, 2.24) is 9.55 Å². The van der Waals surface area contributed by atoms with Gasteiger partial charge in [-0.25, -0.2) is 9.37 Å². The molecule has 2 aromatic heterocycles. The van der Waals surface area contributed by atoms with E-state index in [1.807, 2.05) is 18.2 Å². The summed E-state index contributed by atoms with van der Waals surface area (Å²) < 4.78 is 21.3. The fourth-order valence-corrected chi connectivity index (χ4v) is 2.80. The monoisotopic (exact) mass is 310 g/mol. The molecule has 4 heteroatoms. The van der Waals surface area contributed by atoms with Crippen LogP contribution in [0.15, 0.2) is 49.2 Å². The molecule has 0 N–H and O–H groups in total. The molecule has 0 atom stereocenters. The van der Waals surface area contributed by atoms with Gasteiger partial charge >= 0.3 is 0 Å². The molecule has 0 spiro atoms. The Bertz CT molecular complexity index is 867. The molecule has 3 rings (SSSR count). The zero-order chi connectivity index (χ0) is 16.4. The van der Waals surface area contributed by atoms with Gasteiger partial charge in [0.05, 0.1) is 0 Å². The highest BCUT2D eigenvalue weighted by molar-refractivity contribution is 5.88. The van der Waals surface area contributed by atoms with E-state index in [1.165, 1.54) is 23.4 Å². The van der Waals surface area contributed by atoms with E-state index in [4.69, 9.17) is 4.74 Å². The minimum atomic E-state index is -0.265. The van der Waals surface area contributed by atoms with Gasteiger partial charge in [-0.05, 0) is 43.2 Å². The summed E-state index contributed by atoms with van der Waals surface area (Å²) in [6.07, 6.45) is 3.60. The lowest BCUT2D eigenvalue weighted by Crippen LogP contribution is -2.03. The zero-order valence-electron chi connectivity index (χ0n) is 13.3. The van der Waals surface area contributed by atoms with Crippen molar-refractivity contribution in [3.63, 3.8) is 0 Å². The van der Waals surface area contributed by atoms with Gasteiger partial charge in [0.25, 0.3) is 0 Å². The van der Waals surface area contributed by atoms with E-state index in [9.17, 15) is 4.39 Å². The van der Waals surface area contributed by atoms with Crippen molar-refractivity contribution in [2.75, 3.05) is 0 Å². The topological polar surface area (TPSA) is 27.1 Å². The predicted octanol–water partition coefficient (Wildman–Crippen LogP) is 4.56. The van der Waals surface area contributed by atoms with Crippen molar-refractivity contribution >= 4 is 10.9 Å². The third-order valence-corrected chi connectivity index (χ3v) is 4.09. The molecule has 0 aliphatic rings. The number of hydrogen-bond acceptors (Lipinski definition) is 2. The number of hydrogen-bond donors (Lipinski definition) is 0. The maximum absolute atomic E-state index is 13.3. The smallest absolute Gasteiger partial charge is 0.238 e. The van der Waals surface area contributed by atoms with E-state index in [2.05, 4.69) is 30.0 Å². The lowest BCUT2D eigenvalue weighted by atomic mass is 10.2. The Morgan fingerprint density at radius 2 is 2.13 bits per heavy atom. The quantitative estimate of drug-likeness (QED) is 0.646. The second-order valence-corrected chi connectivity index (χ2v) is 5.54. The summed E-state index contributed by atoms with van der Waals surface area (Å²) >= 11 is 0. The maximum Gasteiger partial charge on any atom is 0.238 e. The Morgan fingerprint density at radius 1 is 1.30 bits per heavy atom. The first-order valence-electron chi connectivity index (χ1n) is 7.54. The van der Waals surface area contributed by atoms with Crippen molar-refractivity contribution in [1.29, 1.82) is 0 Å². The lowest BCUT2D eigenvalue weighted by molar-refractivity contribution is 0.296. The van der Waals surface area contributed by atoms with Crippen LogP contribution in [0.1, 0.15) is 16.8 Å². The summed E-state index contributed by atoms with van der Waals surface area (Å²) in [6.45, 7) is 8.96. The highest BCUT2D eigenvalue weighted by atomic mass is 19.1. The number of aromatic nitrogens is 2. The van der Waals surface area contributed by atoms with E-state index < -0.39 is 0 Å². The number of allylic oxidation sites excluding steroid dienone is 1.